The summed E-state index contributed by atoms with van der Waals surface area (Å²) >= 11 is 0. The van der Waals surface area contributed by atoms with Crippen molar-refractivity contribution in [1.29, 1.82) is 0 Å². The Balaban J connectivity index is 1.95. The van der Waals surface area contributed by atoms with Gasteiger partial charge in [0.05, 0.1) is 13.0 Å². The zero-order valence-electron chi connectivity index (χ0n) is 12.1. The Labute approximate surface area is 120 Å². The zero-order valence-corrected chi connectivity index (χ0v) is 12.1. The molecular formula is C16H24N2O2. The second-order valence-corrected chi connectivity index (χ2v) is 5.52. The number of aliphatic hydroxyl groups is 1. The van der Waals surface area contributed by atoms with Crippen molar-refractivity contribution in [1.82, 2.24) is 10.2 Å². The molecule has 1 unspecified atom stereocenters. The molecule has 2 N–H and O–H groups in total. The summed E-state index contributed by atoms with van der Waals surface area (Å²) in [5.41, 5.74) is 2.21. The fourth-order valence-electron chi connectivity index (χ4n) is 2.73. The Bertz CT molecular complexity index is 442. The molecule has 0 aromatic heterocycles. The molecule has 0 radical (unpaired) electrons. The molecule has 0 saturated carbocycles. The van der Waals surface area contributed by atoms with Crippen molar-refractivity contribution in [2.75, 3.05) is 26.2 Å². The van der Waals surface area contributed by atoms with Crippen LogP contribution in [-0.2, 0) is 11.2 Å². The van der Waals surface area contributed by atoms with Crippen molar-refractivity contribution in [3.63, 3.8) is 0 Å². The van der Waals surface area contributed by atoms with Crippen LogP contribution < -0.4 is 5.32 Å². The number of nitrogens with zero attached hydrogens (tertiary/aromatic N) is 1. The van der Waals surface area contributed by atoms with Gasteiger partial charge in [-0.25, -0.2) is 0 Å². The molecule has 1 heterocycles. The summed E-state index contributed by atoms with van der Waals surface area (Å²) in [6, 6.07) is 8.41. The number of carbonyl (C=O) groups is 1. The first-order chi connectivity index (χ1) is 9.69. The lowest BCUT2D eigenvalue weighted by molar-refractivity contribution is -0.131. The molecule has 1 saturated heterocycles. The minimum absolute atomic E-state index is 0.0201. The predicted octanol–water partition coefficient (Wildman–Crippen LogP) is 1.11. The van der Waals surface area contributed by atoms with E-state index >= 15 is 0 Å². The van der Waals surface area contributed by atoms with Gasteiger partial charge in [-0.15, -0.1) is 0 Å². The Kier molecular flexibility index (Phi) is 5.56. The van der Waals surface area contributed by atoms with Crippen molar-refractivity contribution < 1.29 is 9.90 Å². The van der Waals surface area contributed by atoms with E-state index in [-0.39, 0.29) is 12.5 Å². The van der Waals surface area contributed by atoms with Gasteiger partial charge < -0.3 is 15.3 Å². The van der Waals surface area contributed by atoms with E-state index in [1.807, 2.05) is 31.2 Å². The number of hydrogen-bond donors (Lipinski definition) is 2. The van der Waals surface area contributed by atoms with Crippen molar-refractivity contribution >= 4 is 5.91 Å². The van der Waals surface area contributed by atoms with E-state index in [0.29, 0.717) is 25.6 Å². The molecule has 4 nitrogen and oxygen atoms in total. The number of rotatable bonds is 6. The molecule has 1 amide bonds. The van der Waals surface area contributed by atoms with Crippen LogP contribution >= 0.6 is 0 Å². The SMILES string of the molecule is Cc1cccc(CC(=O)N(CCO)CC2CCCN2)c1. The van der Waals surface area contributed by atoms with E-state index in [1.54, 1.807) is 4.90 Å². The Morgan fingerprint density at radius 2 is 2.35 bits per heavy atom. The van der Waals surface area contributed by atoms with Crippen LogP contribution in [0.25, 0.3) is 0 Å². The molecule has 1 aromatic carbocycles. The van der Waals surface area contributed by atoms with Crippen LogP contribution in [-0.4, -0.2) is 48.2 Å². The molecule has 1 aliphatic heterocycles. The van der Waals surface area contributed by atoms with Crippen LogP contribution in [0.5, 0.6) is 0 Å². The summed E-state index contributed by atoms with van der Waals surface area (Å²) in [7, 11) is 0. The van der Waals surface area contributed by atoms with Crippen LogP contribution in [0.4, 0.5) is 0 Å². The smallest absolute Gasteiger partial charge is 0.227 e. The van der Waals surface area contributed by atoms with E-state index in [0.717, 1.165) is 18.5 Å². The molecule has 1 aromatic rings. The highest BCUT2D eigenvalue weighted by molar-refractivity contribution is 5.78. The molecule has 0 aliphatic carbocycles. The summed E-state index contributed by atoms with van der Waals surface area (Å²) in [6.45, 7) is 4.20. The topological polar surface area (TPSA) is 52.6 Å². The number of amides is 1. The number of nitrogens with one attached hydrogen (secondary N) is 1. The molecular weight excluding hydrogens is 252 g/mol. The molecule has 0 spiro atoms. The third-order valence-electron chi connectivity index (χ3n) is 3.76. The highest BCUT2D eigenvalue weighted by atomic mass is 16.3. The number of carbonyl (C=O) groups excluding carboxylic acids is 1. The van der Waals surface area contributed by atoms with Gasteiger partial charge in [0.1, 0.15) is 0 Å². The fraction of sp³-hybridized carbons (Fsp3) is 0.562. The molecule has 110 valence electrons. The van der Waals surface area contributed by atoms with Gasteiger partial charge in [0, 0.05) is 19.1 Å². The normalized spacial score (nSPS) is 18.2. The highest BCUT2D eigenvalue weighted by Crippen LogP contribution is 2.10. The quantitative estimate of drug-likeness (QED) is 0.818. The predicted molar refractivity (Wildman–Crippen MR) is 79.6 cm³/mol. The third-order valence-corrected chi connectivity index (χ3v) is 3.76. The maximum Gasteiger partial charge on any atom is 0.227 e. The molecule has 0 bridgehead atoms. The van der Waals surface area contributed by atoms with Crippen molar-refractivity contribution in [3.05, 3.63) is 35.4 Å². The zero-order chi connectivity index (χ0) is 14.4. The highest BCUT2D eigenvalue weighted by Gasteiger charge is 2.21. The molecule has 1 fully saturated rings. The average Bonchev–Trinajstić information content (AvgIpc) is 2.91. The van der Waals surface area contributed by atoms with E-state index in [4.69, 9.17) is 5.11 Å². The van der Waals surface area contributed by atoms with Crippen LogP contribution in [0.15, 0.2) is 24.3 Å². The lowest BCUT2D eigenvalue weighted by Crippen LogP contribution is -2.43. The molecule has 1 aliphatic rings. The number of aliphatic hydroxyl groups excluding tert-OH is 1. The van der Waals surface area contributed by atoms with Crippen molar-refractivity contribution in [2.45, 2.75) is 32.2 Å². The van der Waals surface area contributed by atoms with Crippen molar-refractivity contribution in [2.24, 2.45) is 0 Å². The maximum absolute atomic E-state index is 12.4. The summed E-state index contributed by atoms with van der Waals surface area (Å²) < 4.78 is 0. The van der Waals surface area contributed by atoms with Gasteiger partial charge in [-0.2, -0.15) is 0 Å². The van der Waals surface area contributed by atoms with Crippen LogP contribution in [0.3, 0.4) is 0 Å². The number of hydrogen-bond acceptors (Lipinski definition) is 3. The maximum atomic E-state index is 12.4. The Hall–Kier alpha value is -1.39. The number of benzene rings is 1. The lowest BCUT2D eigenvalue weighted by Gasteiger charge is -2.25. The molecule has 2 rings (SSSR count). The van der Waals surface area contributed by atoms with E-state index in [9.17, 15) is 4.79 Å². The molecule has 1 atom stereocenters. The van der Waals surface area contributed by atoms with Gasteiger partial charge >= 0.3 is 0 Å². The first-order valence-corrected chi connectivity index (χ1v) is 7.36. The lowest BCUT2D eigenvalue weighted by atomic mass is 10.1. The second kappa shape index (κ2) is 7.41. The van der Waals surface area contributed by atoms with Gasteiger partial charge in [-0.1, -0.05) is 29.8 Å². The molecule has 20 heavy (non-hydrogen) atoms. The third kappa shape index (κ3) is 4.32. The van der Waals surface area contributed by atoms with E-state index in [1.165, 1.54) is 12.0 Å². The summed E-state index contributed by atoms with van der Waals surface area (Å²) in [4.78, 5) is 14.2. The summed E-state index contributed by atoms with van der Waals surface area (Å²) in [5, 5.41) is 12.6. The monoisotopic (exact) mass is 276 g/mol. The van der Waals surface area contributed by atoms with Crippen molar-refractivity contribution in [3.8, 4) is 0 Å². The summed E-state index contributed by atoms with van der Waals surface area (Å²) in [6.07, 6.45) is 2.69. The largest absolute Gasteiger partial charge is 0.395 e. The minimum atomic E-state index is 0.0201. The Morgan fingerprint density at radius 3 is 3.00 bits per heavy atom. The van der Waals surface area contributed by atoms with Gasteiger partial charge in [0.15, 0.2) is 0 Å². The first-order valence-electron chi connectivity index (χ1n) is 7.36. The fourth-order valence-corrected chi connectivity index (χ4v) is 2.73. The first kappa shape index (κ1) is 15.0. The van der Waals surface area contributed by atoms with Gasteiger partial charge in [-0.3, -0.25) is 4.79 Å². The minimum Gasteiger partial charge on any atom is -0.395 e. The summed E-state index contributed by atoms with van der Waals surface area (Å²) in [5.74, 6) is 0.0957. The average molecular weight is 276 g/mol. The molecule has 4 heteroatoms. The van der Waals surface area contributed by atoms with Gasteiger partial charge in [0.25, 0.3) is 0 Å². The Morgan fingerprint density at radius 1 is 1.50 bits per heavy atom. The van der Waals surface area contributed by atoms with Crippen LogP contribution in [0.2, 0.25) is 0 Å². The van der Waals surface area contributed by atoms with E-state index in [2.05, 4.69) is 5.32 Å². The van der Waals surface area contributed by atoms with Gasteiger partial charge in [0.2, 0.25) is 5.91 Å². The van der Waals surface area contributed by atoms with E-state index < -0.39 is 0 Å². The van der Waals surface area contributed by atoms with Crippen LogP contribution in [0.1, 0.15) is 24.0 Å². The van der Waals surface area contributed by atoms with Crippen LogP contribution in [0, 0.1) is 6.92 Å². The van der Waals surface area contributed by atoms with Gasteiger partial charge in [-0.05, 0) is 31.9 Å². The number of aryl methyl sites for hydroxylation is 1. The standard InChI is InChI=1S/C16H24N2O2/c1-13-4-2-5-14(10-13)11-16(20)18(8-9-19)12-15-6-3-7-17-15/h2,4-5,10,15,17,19H,3,6-9,11-12H2,1H3. The second-order valence-electron chi connectivity index (χ2n) is 5.52.